The Morgan fingerprint density at radius 3 is 2.25 bits per heavy atom. The quantitative estimate of drug-likeness (QED) is 0.570. The zero-order chi connectivity index (χ0) is 17.4. The summed E-state index contributed by atoms with van der Waals surface area (Å²) in [5.41, 5.74) is 1.10. The zero-order valence-corrected chi connectivity index (χ0v) is 14.8. The summed E-state index contributed by atoms with van der Waals surface area (Å²) in [5.74, 6) is -1.51. The van der Waals surface area contributed by atoms with E-state index in [0.29, 0.717) is 24.2 Å². The molecule has 0 saturated carbocycles. The monoisotopic (exact) mass is 357 g/mol. The molecule has 8 heteroatoms. The van der Waals surface area contributed by atoms with Crippen molar-refractivity contribution in [1.82, 2.24) is 5.32 Å². The number of benzene rings is 1. The maximum absolute atomic E-state index is 12.2. The number of hydrogen-bond donors (Lipinski definition) is 4. The number of carbonyl (C=O) groups is 3. The predicted octanol–water partition coefficient (Wildman–Crippen LogP) is 2.24. The second kappa shape index (κ2) is 10.6. The molecule has 0 saturated heterocycles. The Bertz CT molecular complexity index is 580. The summed E-state index contributed by atoms with van der Waals surface area (Å²) in [4.78, 5) is 34.3. The van der Waals surface area contributed by atoms with Gasteiger partial charge in [0.2, 0.25) is 11.8 Å². The maximum atomic E-state index is 12.2. The molecule has 0 radical (unpaired) electrons. The van der Waals surface area contributed by atoms with Crippen molar-refractivity contribution in [2.24, 2.45) is 0 Å². The van der Waals surface area contributed by atoms with Gasteiger partial charge in [-0.25, -0.2) is 0 Å². The lowest BCUT2D eigenvalue weighted by atomic mass is 10.1. The summed E-state index contributed by atoms with van der Waals surface area (Å²) < 4.78 is 0. The lowest BCUT2D eigenvalue weighted by Crippen LogP contribution is -2.47. The van der Waals surface area contributed by atoms with Crippen LogP contribution in [0.15, 0.2) is 24.3 Å². The van der Waals surface area contributed by atoms with Crippen LogP contribution in [-0.2, 0) is 14.4 Å². The van der Waals surface area contributed by atoms with Crippen LogP contribution in [-0.4, -0.2) is 35.0 Å². The van der Waals surface area contributed by atoms with E-state index in [-0.39, 0.29) is 24.2 Å². The standard InChI is InChI=1S/C16H23N3O4.ClH/c1-4-6-14(16(22)23)17-10(2)15(21)19-13-8-5-7-12(9-13)18-11(3)20;/h5,7-10,14,17H,4,6H2,1-3H3,(H,18,20)(H,19,21)(H,22,23);1H. The van der Waals surface area contributed by atoms with Crippen LogP contribution in [0.3, 0.4) is 0 Å². The van der Waals surface area contributed by atoms with Gasteiger partial charge >= 0.3 is 5.97 Å². The number of carbonyl (C=O) groups excluding carboxylic acids is 2. The molecule has 0 heterocycles. The van der Waals surface area contributed by atoms with Gasteiger partial charge in [-0.1, -0.05) is 19.4 Å². The summed E-state index contributed by atoms with van der Waals surface area (Å²) in [6, 6.07) is 5.32. The second-order valence-electron chi connectivity index (χ2n) is 5.32. The van der Waals surface area contributed by atoms with Crippen LogP contribution >= 0.6 is 12.4 Å². The number of carboxylic acids is 1. The first-order valence-electron chi connectivity index (χ1n) is 7.50. The predicted molar refractivity (Wildman–Crippen MR) is 95.6 cm³/mol. The first-order valence-corrected chi connectivity index (χ1v) is 7.50. The van der Waals surface area contributed by atoms with E-state index in [2.05, 4.69) is 16.0 Å². The van der Waals surface area contributed by atoms with Crippen molar-refractivity contribution in [3.8, 4) is 0 Å². The molecule has 2 amide bonds. The van der Waals surface area contributed by atoms with Crippen molar-refractivity contribution < 1.29 is 19.5 Å². The number of nitrogens with one attached hydrogen (secondary N) is 3. The molecule has 0 aliphatic carbocycles. The molecule has 134 valence electrons. The van der Waals surface area contributed by atoms with Crippen molar-refractivity contribution in [3.63, 3.8) is 0 Å². The van der Waals surface area contributed by atoms with Gasteiger partial charge in [0, 0.05) is 18.3 Å². The van der Waals surface area contributed by atoms with Crippen molar-refractivity contribution in [1.29, 1.82) is 0 Å². The first kappa shape index (κ1) is 21.9. The van der Waals surface area contributed by atoms with Crippen LogP contribution in [0.25, 0.3) is 0 Å². The minimum atomic E-state index is -0.973. The number of aliphatic carboxylic acids is 1. The molecule has 0 bridgehead atoms. The minimum absolute atomic E-state index is 0. The van der Waals surface area contributed by atoms with E-state index in [1.807, 2.05) is 6.92 Å². The van der Waals surface area contributed by atoms with Crippen molar-refractivity contribution in [3.05, 3.63) is 24.3 Å². The smallest absolute Gasteiger partial charge is 0.320 e. The van der Waals surface area contributed by atoms with Gasteiger partial charge in [0.15, 0.2) is 0 Å². The molecule has 0 fully saturated rings. The Labute approximate surface area is 147 Å². The first-order chi connectivity index (χ1) is 10.8. The van der Waals surface area contributed by atoms with Crippen LogP contribution in [0, 0.1) is 0 Å². The van der Waals surface area contributed by atoms with Crippen LogP contribution in [0.4, 0.5) is 11.4 Å². The van der Waals surface area contributed by atoms with E-state index < -0.39 is 18.1 Å². The lowest BCUT2D eigenvalue weighted by Gasteiger charge is -2.19. The van der Waals surface area contributed by atoms with Gasteiger partial charge < -0.3 is 15.7 Å². The van der Waals surface area contributed by atoms with Crippen LogP contribution in [0.1, 0.15) is 33.6 Å². The van der Waals surface area contributed by atoms with Gasteiger partial charge in [0.1, 0.15) is 6.04 Å². The summed E-state index contributed by atoms with van der Waals surface area (Å²) >= 11 is 0. The zero-order valence-electron chi connectivity index (χ0n) is 14.0. The van der Waals surface area contributed by atoms with Gasteiger partial charge in [-0.3, -0.25) is 19.7 Å². The van der Waals surface area contributed by atoms with Gasteiger partial charge in [0.25, 0.3) is 0 Å². The maximum Gasteiger partial charge on any atom is 0.320 e. The molecule has 1 rings (SSSR count). The fraction of sp³-hybridized carbons (Fsp3) is 0.438. The van der Waals surface area contributed by atoms with Gasteiger partial charge in [-0.2, -0.15) is 0 Å². The van der Waals surface area contributed by atoms with E-state index in [1.165, 1.54) is 6.92 Å². The SMILES string of the molecule is CCCC(NC(C)C(=O)Nc1cccc(NC(C)=O)c1)C(=O)O.Cl. The molecule has 4 N–H and O–H groups in total. The fourth-order valence-corrected chi connectivity index (χ4v) is 2.07. The van der Waals surface area contributed by atoms with E-state index in [4.69, 9.17) is 5.11 Å². The fourth-order valence-electron chi connectivity index (χ4n) is 2.07. The highest BCUT2D eigenvalue weighted by Crippen LogP contribution is 2.15. The third kappa shape index (κ3) is 7.43. The number of carboxylic acid groups (broad SMARTS) is 1. The topological polar surface area (TPSA) is 108 Å². The van der Waals surface area contributed by atoms with Crippen LogP contribution in [0.5, 0.6) is 0 Å². The summed E-state index contributed by atoms with van der Waals surface area (Å²) in [6.45, 7) is 4.89. The summed E-state index contributed by atoms with van der Waals surface area (Å²) in [5, 5.41) is 17.2. The molecule has 24 heavy (non-hydrogen) atoms. The lowest BCUT2D eigenvalue weighted by molar-refractivity contribution is -0.140. The average molecular weight is 358 g/mol. The van der Waals surface area contributed by atoms with Crippen molar-refractivity contribution in [2.45, 2.75) is 45.7 Å². The molecule has 2 atom stereocenters. The summed E-state index contributed by atoms with van der Waals surface area (Å²) in [6.07, 6.45) is 1.15. The molecular weight excluding hydrogens is 334 g/mol. The largest absolute Gasteiger partial charge is 0.480 e. The molecular formula is C16H24ClN3O4. The highest BCUT2D eigenvalue weighted by Gasteiger charge is 2.22. The highest BCUT2D eigenvalue weighted by atomic mass is 35.5. The van der Waals surface area contributed by atoms with E-state index in [1.54, 1.807) is 31.2 Å². The normalized spacial score (nSPS) is 12.5. The summed E-state index contributed by atoms with van der Waals surface area (Å²) in [7, 11) is 0. The van der Waals surface area contributed by atoms with E-state index in [0.717, 1.165) is 0 Å². The molecule has 0 spiro atoms. The molecule has 0 aromatic heterocycles. The van der Waals surface area contributed by atoms with Crippen molar-refractivity contribution in [2.75, 3.05) is 10.6 Å². The average Bonchev–Trinajstić information content (AvgIpc) is 2.46. The Kier molecular flexibility index (Phi) is 9.68. The van der Waals surface area contributed by atoms with Gasteiger partial charge in [-0.05, 0) is 31.5 Å². The number of anilines is 2. The number of rotatable bonds is 8. The van der Waals surface area contributed by atoms with Crippen molar-refractivity contribution >= 4 is 41.6 Å². The van der Waals surface area contributed by atoms with Gasteiger partial charge in [0.05, 0.1) is 6.04 Å². The molecule has 0 aliphatic heterocycles. The number of halogens is 1. The van der Waals surface area contributed by atoms with Gasteiger partial charge in [-0.15, -0.1) is 12.4 Å². The Morgan fingerprint density at radius 2 is 1.75 bits per heavy atom. The molecule has 0 aliphatic rings. The minimum Gasteiger partial charge on any atom is -0.480 e. The molecule has 2 unspecified atom stereocenters. The second-order valence-corrected chi connectivity index (χ2v) is 5.32. The Hall–Kier alpha value is -2.12. The Morgan fingerprint density at radius 1 is 1.17 bits per heavy atom. The molecule has 1 aromatic carbocycles. The van der Waals surface area contributed by atoms with E-state index in [9.17, 15) is 14.4 Å². The molecule has 7 nitrogen and oxygen atoms in total. The van der Waals surface area contributed by atoms with Crippen LogP contribution in [0.2, 0.25) is 0 Å². The number of hydrogen-bond acceptors (Lipinski definition) is 4. The Balaban J connectivity index is 0.00000529. The van der Waals surface area contributed by atoms with Crippen LogP contribution < -0.4 is 16.0 Å². The number of amides is 2. The highest BCUT2D eigenvalue weighted by molar-refractivity contribution is 5.96. The third-order valence-electron chi connectivity index (χ3n) is 3.17. The van der Waals surface area contributed by atoms with E-state index >= 15 is 0 Å². The third-order valence-corrected chi connectivity index (χ3v) is 3.17. The molecule has 1 aromatic rings.